The summed E-state index contributed by atoms with van der Waals surface area (Å²) in [5, 5.41) is 5.49. The molecule has 2 N–H and O–H groups in total. The van der Waals surface area contributed by atoms with Gasteiger partial charge in [-0.25, -0.2) is 0 Å². The van der Waals surface area contributed by atoms with Gasteiger partial charge in [-0.1, -0.05) is 36.4 Å². The van der Waals surface area contributed by atoms with Gasteiger partial charge in [-0.3, -0.25) is 9.59 Å². The van der Waals surface area contributed by atoms with Crippen molar-refractivity contribution in [1.82, 2.24) is 15.5 Å². The molecule has 0 heterocycles. The standard InChI is InChI=1S/C27H34F3N3O2/c1-18-14-21(25(35)31-2)11-10-20(18)15-22(33(3)4)17-32-24(34)16-23(19-8-6-5-7-9-19)26(12-13-26)27(28,29)30/h5-11,14,22-23H,12-13,15-17H2,1-4H3,(H,31,35)(H,32,34)/t22-,23+/m0/s1. The zero-order valence-electron chi connectivity index (χ0n) is 20.7. The number of carbonyl (C=O) groups is 2. The van der Waals surface area contributed by atoms with Gasteiger partial charge in [-0.05, 0) is 69.1 Å². The van der Waals surface area contributed by atoms with Crippen LogP contribution < -0.4 is 10.6 Å². The van der Waals surface area contributed by atoms with E-state index in [1.165, 1.54) is 0 Å². The van der Waals surface area contributed by atoms with Crippen LogP contribution in [0.5, 0.6) is 0 Å². The Kier molecular flexibility index (Phi) is 8.26. The second-order valence-electron chi connectivity index (χ2n) is 9.67. The molecule has 2 atom stereocenters. The first-order chi connectivity index (χ1) is 16.5. The maximum atomic E-state index is 13.9. The maximum Gasteiger partial charge on any atom is 0.395 e. The summed E-state index contributed by atoms with van der Waals surface area (Å²) in [4.78, 5) is 26.7. The van der Waals surface area contributed by atoms with Crippen LogP contribution >= 0.6 is 0 Å². The van der Waals surface area contributed by atoms with E-state index in [9.17, 15) is 22.8 Å². The van der Waals surface area contributed by atoms with E-state index < -0.39 is 17.5 Å². The molecule has 0 unspecified atom stereocenters. The van der Waals surface area contributed by atoms with Crippen LogP contribution in [0.1, 0.15) is 52.2 Å². The molecule has 35 heavy (non-hydrogen) atoms. The molecule has 1 aliphatic rings. The molecule has 1 fully saturated rings. The lowest BCUT2D eigenvalue weighted by Crippen LogP contribution is -2.43. The summed E-state index contributed by atoms with van der Waals surface area (Å²) in [5.74, 6) is -1.44. The molecule has 2 aromatic rings. The van der Waals surface area contributed by atoms with Crippen molar-refractivity contribution in [2.75, 3.05) is 27.7 Å². The van der Waals surface area contributed by atoms with Crippen LogP contribution in [-0.2, 0) is 11.2 Å². The van der Waals surface area contributed by atoms with Crippen molar-refractivity contribution in [3.8, 4) is 0 Å². The number of carbonyl (C=O) groups excluding carboxylic acids is 2. The molecule has 2 amide bonds. The van der Waals surface area contributed by atoms with E-state index in [1.54, 1.807) is 43.4 Å². The minimum absolute atomic E-state index is 0.0506. The Morgan fingerprint density at radius 2 is 1.74 bits per heavy atom. The topological polar surface area (TPSA) is 61.4 Å². The molecular formula is C27H34F3N3O2. The Bertz CT molecular complexity index is 1030. The minimum atomic E-state index is -4.35. The lowest BCUT2D eigenvalue weighted by Gasteiger charge is -2.30. The summed E-state index contributed by atoms with van der Waals surface area (Å²) in [6.07, 6.45) is -3.83. The molecule has 3 rings (SSSR count). The van der Waals surface area contributed by atoms with E-state index in [2.05, 4.69) is 10.6 Å². The average molecular weight is 490 g/mol. The molecule has 0 bridgehead atoms. The molecule has 0 saturated heterocycles. The fourth-order valence-electron chi connectivity index (χ4n) is 4.67. The fraction of sp³-hybridized carbons (Fsp3) is 0.481. The summed E-state index contributed by atoms with van der Waals surface area (Å²) in [6, 6.07) is 14.0. The highest BCUT2D eigenvalue weighted by Crippen LogP contribution is 2.66. The fourth-order valence-corrected chi connectivity index (χ4v) is 4.67. The lowest BCUT2D eigenvalue weighted by atomic mass is 9.80. The molecule has 0 radical (unpaired) electrons. The largest absolute Gasteiger partial charge is 0.395 e. The summed E-state index contributed by atoms with van der Waals surface area (Å²) in [7, 11) is 5.39. The molecule has 0 aromatic heterocycles. The minimum Gasteiger partial charge on any atom is -0.355 e. The van der Waals surface area contributed by atoms with Crippen LogP contribution in [0.3, 0.4) is 0 Å². The number of benzene rings is 2. The molecule has 8 heteroatoms. The molecule has 0 spiro atoms. The number of likely N-dealkylation sites (N-methyl/N-ethyl adjacent to an activating group) is 1. The van der Waals surface area contributed by atoms with Gasteiger partial charge in [0.15, 0.2) is 0 Å². The van der Waals surface area contributed by atoms with Gasteiger partial charge in [-0.15, -0.1) is 0 Å². The summed E-state index contributed by atoms with van der Waals surface area (Å²) in [5.41, 5.74) is 1.31. The van der Waals surface area contributed by atoms with E-state index in [4.69, 9.17) is 0 Å². The highest BCUT2D eigenvalue weighted by Gasteiger charge is 2.67. The predicted molar refractivity (Wildman–Crippen MR) is 130 cm³/mol. The zero-order valence-corrected chi connectivity index (χ0v) is 20.7. The van der Waals surface area contributed by atoms with Crippen LogP contribution in [0.2, 0.25) is 0 Å². The zero-order chi connectivity index (χ0) is 25.8. The number of nitrogens with one attached hydrogen (secondary N) is 2. The molecule has 5 nitrogen and oxygen atoms in total. The van der Waals surface area contributed by atoms with Gasteiger partial charge >= 0.3 is 6.18 Å². The third-order valence-corrected chi connectivity index (χ3v) is 7.16. The van der Waals surface area contributed by atoms with E-state index in [-0.39, 0.29) is 37.1 Å². The number of hydrogen-bond donors (Lipinski definition) is 2. The van der Waals surface area contributed by atoms with E-state index >= 15 is 0 Å². The van der Waals surface area contributed by atoms with Gasteiger partial charge in [-0.2, -0.15) is 13.2 Å². The number of halogens is 3. The van der Waals surface area contributed by atoms with Crippen molar-refractivity contribution < 1.29 is 22.8 Å². The second kappa shape index (κ2) is 10.8. The molecule has 190 valence electrons. The Hall–Kier alpha value is -2.87. The Balaban J connectivity index is 1.68. The highest BCUT2D eigenvalue weighted by molar-refractivity contribution is 5.94. The summed E-state index contributed by atoms with van der Waals surface area (Å²) in [6.45, 7) is 2.24. The van der Waals surface area contributed by atoms with Crippen LogP contribution in [0.25, 0.3) is 0 Å². The Labute approximate surface area is 205 Å². The van der Waals surface area contributed by atoms with Crippen molar-refractivity contribution in [3.63, 3.8) is 0 Å². The first kappa shape index (κ1) is 26.7. The van der Waals surface area contributed by atoms with Gasteiger partial charge in [0.05, 0.1) is 5.41 Å². The number of nitrogens with zero attached hydrogens (tertiary/aromatic N) is 1. The molecule has 1 saturated carbocycles. The van der Waals surface area contributed by atoms with E-state index in [1.807, 2.05) is 38.1 Å². The Morgan fingerprint density at radius 1 is 1.09 bits per heavy atom. The van der Waals surface area contributed by atoms with Crippen molar-refractivity contribution in [2.24, 2.45) is 5.41 Å². The van der Waals surface area contributed by atoms with Gasteiger partial charge < -0.3 is 15.5 Å². The van der Waals surface area contributed by atoms with Crippen molar-refractivity contribution in [1.29, 1.82) is 0 Å². The number of rotatable bonds is 10. The van der Waals surface area contributed by atoms with E-state index in [0.717, 1.165) is 11.1 Å². The van der Waals surface area contributed by atoms with Crippen molar-refractivity contribution in [2.45, 2.75) is 50.7 Å². The molecule has 2 aromatic carbocycles. The SMILES string of the molecule is CNC(=O)c1ccc(C[C@@H](CNC(=O)C[C@H](c2ccccc2)C2(C(F)(F)F)CC2)N(C)C)c(C)c1. The van der Waals surface area contributed by atoms with E-state index in [0.29, 0.717) is 24.1 Å². The molecular weight excluding hydrogens is 455 g/mol. The van der Waals surface area contributed by atoms with Crippen LogP contribution in [0, 0.1) is 12.3 Å². The number of alkyl halides is 3. The normalized spacial score (nSPS) is 16.5. The Morgan fingerprint density at radius 3 is 2.26 bits per heavy atom. The highest BCUT2D eigenvalue weighted by atomic mass is 19.4. The third kappa shape index (κ3) is 6.23. The first-order valence-electron chi connectivity index (χ1n) is 11.8. The van der Waals surface area contributed by atoms with Gasteiger partial charge in [0, 0.05) is 37.5 Å². The quantitative estimate of drug-likeness (QED) is 0.518. The lowest BCUT2D eigenvalue weighted by molar-refractivity contribution is -0.194. The second-order valence-corrected chi connectivity index (χ2v) is 9.67. The smallest absolute Gasteiger partial charge is 0.355 e. The molecule has 1 aliphatic carbocycles. The van der Waals surface area contributed by atoms with Crippen LogP contribution in [0.15, 0.2) is 48.5 Å². The van der Waals surface area contributed by atoms with Crippen LogP contribution in [0.4, 0.5) is 13.2 Å². The van der Waals surface area contributed by atoms with Crippen molar-refractivity contribution in [3.05, 3.63) is 70.8 Å². The predicted octanol–water partition coefficient (Wildman–Crippen LogP) is 4.46. The first-order valence-corrected chi connectivity index (χ1v) is 11.8. The van der Waals surface area contributed by atoms with Gasteiger partial charge in [0.1, 0.15) is 0 Å². The third-order valence-electron chi connectivity index (χ3n) is 7.16. The molecule has 0 aliphatic heterocycles. The summed E-state index contributed by atoms with van der Waals surface area (Å²) >= 11 is 0. The van der Waals surface area contributed by atoms with Crippen molar-refractivity contribution >= 4 is 11.8 Å². The number of aryl methyl sites for hydroxylation is 1. The monoisotopic (exact) mass is 489 g/mol. The number of amides is 2. The average Bonchev–Trinajstić information content (AvgIpc) is 3.63. The number of hydrogen-bond acceptors (Lipinski definition) is 3. The van der Waals surface area contributed by atoms with Crippen LogP contribution in [-0.4, -0.2) is 56.6 Å². The maximum absolute atomic E-state index is 13.9. The van der Waals surface area contributed by atoms with Gasteiger partial charge in [0.2, 0.25) is 5.91 Å². The van der Waals surface area contributed by atoms with Gasteiger partial charge in [0.25, 0.3) is 5.91 Å². The summed E-state index contributed by atoms with van der Waals surface area (Å²) < 4.78 is 41.8.